The summed E-state index contributed by atoms with van der Waals surface area (Å²) < 4.78 is 133. The summed E-state index contributed by atoms with van der Waals surface area (Å²) in [6.07, 6.45) is -12.6. The highest BCUT2D eigenvalue weighted by Crippen LogP contribution is 2.40. The lowest BCUT2D eigenvalue weighted by molar-refractivity contribution is -0.143. The molecule has 0 radical (unpaired) electrons. The van der Waals surface area contributed by atoms with E-state index in [-0.39, 0.29) is 34.5 Å². The monoisotopic (exact) mass is 673 g/mol. The lowest BCUT2D eigenvalue weighted by atomic mass is 9.94. The predicted octanol–water partition coefficient (Wildman–Crippen LogP) is 7.34. The van der Waals surface area contributed by atoms with Crippen molar-refractivity contribution >= 4 is 18.0 Å². The minimum Gasteiger partial charge on any atom is -0.496 e. The molecule has 0 aliphatic heterocycles. The van der Waals surface area contributed by atoms with Crippen molar-refractivity contribution in [2.75, 3.05) is 19.1 Å². The second-order valence-electron chi connectivity index (χ2n) is 10.0. The van der Waals surface area contributed by atoms with Gasteiger partial charge in [0, 0.05) is 24.7 Å². The Balaban J connectivity index is 1.89. The number of hydrogen-bond donors (Lipinski definition) is 0. The third kappa shape index (κ3) is 8.59. The molecule has 4 aromatic rings. The van der Waals surface area contributed by atoms with Crippen molar-refractivity contribution in [1.82, 2.24) is 20.2 Å². The van der Waals surface area contributed by atoms with Crippen LogP contribution in [0.5, 0.6) is 5.75 Å². The Morgan fingerprint density at radius 2 is 1.45 bits per heavy atom. The highest BCUT2D eigenvalue weighted by Gasteiger charge is 2.37. The van der Waals surface area contributed by atoms with Gasteiger partial charge in [-0.05, 0) is 76.0 Å². The van der Waals surface area contributed by atoms with Crippen molar-refractivity contribution < 1.29 is 53.8 Å². The Morgan fingerprint density at radius 3 is 1.98 bits per heavy atom. The van der Waals surface area contributed by atoms with Crippen molar-refractivity contribution in [2.24, 2.45) is 7.05 Å². The molecule has 0 fully saturated rings. The quantitative estimate of drug-likeness (QED) is 0.105. The van der Waals surface area contributed by atoms with Gasteiger partial charge in [0.25, 0.3) is 5.95 Å². The summed E-state index contributed by atoms with van der Waals surface area (Å²) in [6.45, 7) is -1.22. The van der Waals surface area contributed by atoms with Crippen LogP contribution in [0.25, 0.3) is 17.2 Å². The zero-order chi connectivity index (χ0) is 34.7. The molecule has 4 rings (SSSR count). The molecule has 1 aromatic heterocycles. The van der Waals surface area contributed by atoms with Gasteiger partial charge in [-0.1, -0.05) is 17.2 Å². The Hall–Kier alpha value is -5.09. The normalized spacial score (nSPS) is 12.4. The molecule has 0 N–H and O–H groups in total. The van der Waals surface area contributed by atoms with Gasteiger partial charge in [-0.2, -0.15) is 44.3 Å². The van der Waals surface area contributed by atoms with Crippen molar-refractivity contribution in [2.45, 2.75) is 31.6 Å². The maximum atomic E-state index is 13.9. The van der Waals surface area contributed by atoms with Gasteiger partial charge >= 0.3 is 24.5 Å². The number of anilines is 1. The number of halogens is 9. The zero-order valence-corrected chi connectivity index (χ0v) is 24.6. The largest absolute Gasteiger partial charge is 0.496 e. The van der Waals surface area contributed by atoms with Gasteiger partial charge in [-0.25, -0.2) is 4.79 Å². The number of benzene rings is 3. The molecule has 1 heterocycles. The Labute approximate surface area is 261 Å². The van der Waals surface area contributed by atoms with Crippen LogP contribution in [0.4, 0.5) is 45.5 Å². The molecule has 0 saturated heterocycles. The number of esters is 1. The van der Waals surface area contributed by atoms with Crippen LogP contribution < -0.4 is 9.64 Å². The van der Waals surface area contributed by atoms with Gasteiger partial charge in [0.2, 0.25) is 0 Å². The first-order valence-electron chi connectivity index (χ1n) is 13.3. The molecule has 0 aliphatic carbocycles. The van der Waals surface area contributed by atoms with E-state index in [0.29, 0.717) is 17.7 Å². The van der Waals surface area contributed by atoms with Gasteiger partial charge in [0.15, 0.2) is 0 Å². The van der Waals surface area contributed by atoms with E-state index < -0.39 is 59.8 Å². The summed E-state index contributed by atoms with van der Waals surface area (Å²) in [4.78, 5) is 13.7. The Bertz CT molecular complexity index is 1750. The maximum absolute atomic E-state index is 13.9. The summed E-state index contributed by atoms with van der Waals surface area (Å²) in [7, 11) is 3.82. The van der Waals surface area contributed by atoms with E-state index in [1.807, 2.05) is 0 Å². The summed E-state index contributed by atoms with van der Waals surface area (Å²) in [5.74, 6) is -0.755. The molecule has 3 aromatic carbocycles. The number of carbonyl (C=O) groups excluding carboxylic acids is 1. The number of aryl methyl sites for hydroxylation is 1. The van der Waals surface area contributed by atoms with Crippen LogP contribution in [-0.4, -0.2) is 40.4 Å². The Morgan fingerprint density at radius 1 is 0.809 bits per heavy atom. The molecule has 250 valence electrons. The molecule has 0 bridgehead atoms. The molecule has 8 nitrogen and oxygen atoms in total. The highest BCUT2D eigenvalue weighted by molar-refractivity contribution is 5.87. The average molecular weight is 674 g/mol. The van der Waals surface area contributed by atoms with Gasteiger partial charge in [0.1, 0.15) is 5.75 Å². The second-order valence-corrected chi connectivity index (χ2v) is 10.0. The minimum absolute atomic E-state index is 0.0345. The third-order valence-electron chi connectivity index (χ3n) is 6.72. The van der Waals surface area contributed by atoms with Crippen LogP contribution in [0.3, 0.4) is 0 Å². The number of methoxy groups -OCH3 is 2. The molecule has 0 atom stereocenters. The van der Waals surface area contributed by atoms with Crippen molar-refractivity contribution in [3.63, 3.8) is 0 Å². The minimum atomic E-state index is -5.14. The van der Waals surface area contributed by atoms with Gasteiger partial charge < -0.3 is 14.4 Å². The SMILES string of the molecule is COC(=O)C=Cc1ccc(OC)c(-c2ccc(C(F)(F)F)cc2CN(Cc2cc(C(F)(F)F)cc(C(F)(F)F)c2)c2nnn(C)n2)c1. The topological polar surface area (TPSA) is 82.4 Å². The van der Waals surface area contributed by atoms with Crippen LogP contribution >= 0.6 is 0 Å². The first-order chi connectivity index (χ1) is 21.9. The van der Waals surface area contributed by atoms with E-state index in [2.05, 4.69) is 20.1 Å². The molecule has 0 saturated carbocycles. The second kappa shape index (κ2) is 13.3. The van der Waals surface area contributed by atoms with Gasteiger partial charge in [0.05, 0.1) is 38.0 Å². The Kier molecular flexibility index (Phi) is 9.87. The van der Waals surface area contributed by atoms with E-state index in [0.717, 1.165) is 34.0 Å². The number of alkyl halides is 9. The van der Waals surface area contributed by atoms with Crippen LogP contribution in [0, 0.1) is 0 Å². The molecule has 0 amide bonds. The number of nitrogens with zero attached hydrogens (tertiary/aromatic N) is 5. The molecular weight excluding hydrogens is 649 g/mol. The standard InChI is InChI=1S/C30H24F9N5O3/c1-43-41-27(40-42-43)44(15-18-10-21(29(34,35)36)14-22(11-18)30(37,38)39)16-19-13-20(28(31,32)33)6-7-23(19)24-12-17(4-8-25(24)46-2)5-9-26(45)47-3/h4-14H,15-16H2,1-3H3. The number of tetrazole rings is 1. The summed E-state index contributed by atoms with van der Waals surface area (Å²) in [6, 6.07) is 8.30. The number of rotatable bonds is 9. The molecule has 0 unspecified atom stereocenters. The smallest absolute Gasteiger partial charge is 0.416 e. The molecular formula is C30H24F9N5O3. The van der Waals surface area contributed by atoms with Crippen molar-refractivity contribution in [3.05, 3.63) is 94.1 Å². The highest BCUT2D eigenvalue weighted by atomic mass is 19.4. The lowest BCUT2D eigenvalue weighted by Gasteiger charge is -2.25. The molecule has 0 spiro atoms. The van der Waals surface area contributed by atoms with E-state index in [4.69, 9.17) is 4.74 Å². The van der Waals surface area contributed by atoms with Gasteiger partial charge in [-0.15, -0.1) is 5.10 Å². The maximum Gasteiger partial charge on any atom is 0.416 e. The number of carbonyl (C=O) groups is 1. The fourth-order valence-electron chi connectivity index (χ4n) is 4.57. The number of hydrogen-bond acceptors (Lipinski definition) is 7. The van der Waals surface area contributed by atoms with E-state index in [1.54, 1.807) is 6.07 Å². The molecule has 17 heteroatoms. The van der Waals surface area contributed by atoms with Crippen molar-refractivity contribution in [3.8, 4) is 16.9 Å². The number of aromatic nitrogens is 4. The van der Waals surface area contributed by atoms with E-state index >= 15 is 0 Å². The van der Waals surface area contributed by atoms with Gasteiger partial charge in [-0.3, -0.25) is 0 Å². The zero-order valence-electron chi connectivity index (χ0n) is 24.6. The summed E-state index contributed by atoms with van der Waals surface area (Å²) in [5, 5.41) is 11.5. The van der Waals surface area contributed by atoms with E-state index in [1.165, 1.54) is 39.5 Å². The van der Waals surface area contributed by atoms with E-state index in [9.17, 15) is 44.3 Å². The fourth-order valence-corrected chi connectivity index (χ4v) is 4.57. The average Bonchev–Trinajstić information content (AvgIpc) is 3.44. The van der Waals surface area contributed by atoms with Crippen molar-refractivity contribution in [1.29, 1.82) is 0 Å². The summed E-state index contributed by atoms with van der Waals surface area (Å²) >= 11 is 0. The number of ether oxygens (including phenoxy) is 2. The van der Waals surface area contributed by atoms with Crippen LogP contribution in [0.1, 0.15) is 33.4 Å². The van der Waals surface area contributed by atoms with Crippen LogP contribution in [-0.2, 0) is 48.2 Å². The molecule has 47 heavy (non-hydrogen) atoms. The summed E-state index contributed by atoms with van der Waals surface area (Å²) in [5.41, 5.74) is -3.92. The fraction of sp³-hybridized carbons (Fsp3) is 0.267. The predicted molar refractivity (Wildman–Crippen MR) is 150 cm³/mol. The third-order valence-corrected chi connectivity index (χ3v) is 6.72. The first kappa shape index (κ1) is 34.8. The van der Waals surface area contributed by atoms with Crippen LogP contribution in [0.15, 0.2) is 60.7 Å². The molecule has 0 aliphatic rings. The first-order valence-corrected chi connectivity index (χ1v) is 13.3. The van der Waals surface area contributed by atoms with Crippen LogP contribution in [0.2, 0.25) is 0 Å². The lowest BCUT2D eigenvalue weighted by Crippen LogP contribution is -2.25.